The number of nitrogens with one attached hydrogen (secondary N) is 2. The Hall–Kier alpha value is -2.12. The van der Waals surface area contributed by atoms with Gasteiger partial charge in [-0.05, 0) is 31.8 Å². The lowest BCUT2D eigenvalue weighted by molar-refractivity contribution is 0.354. The molecule has 1 aromatic rings. The van der Waals surface area contributed by atoms with E-state index >= 15 is 0 Å². The van der Waals surface area contributed by atoms with E-state index in [1.54, 1.807) is 6.20 Å². The zero-order valence-electron chi connectivity index (χ0n) is 14.5. The third kappa shape index (κ3) is 4.16. The molecule has 6 nitrogen and oxygen atoms in total. The summed E-state index contributed by atoms with van der Waals surface area (Å²) in [5, 5.41) is 3.72. The molecular formula is C18H24ClFN6. The summed E-state index contributed by atoms with van der Waals surface area (Å²) in [7, 11) is 0. The first-order chi connectivity index (χ1) is 12.5. The number of aliphatic imine (C=N–C) groups is 1. The van der Waals surface area contributed by atoms with Crippen LogP contribution in [0.25, 0.3) is 6.08 Å². The van der Waals surface area contributed by atoms with Gasteiger partial charge in [0.25, 0.3) is 0 Å². The van der Waals surface area contributed by atoms with Gasteiger partial charge in [-0.15, -0.1) is 11.6 Å². The maximum Gasteiger partial charge on any atom is 0.164 e. The fourth-order valence-corrected chi connectivity index (χ4v) is 3.53. The van der Waals surface area contributed by atoms with E-state index in [1.165, 1.54) is 0 Å². The number of H-pyrrole nitrogens is 1. The number of aromatic nitrogens is 1. The summed E-state index contributed by atoms with van der Waals surface area (Å²) in [6.07, 6.45) is 8.36. The van der Waals surface area contributed by atoms with Crippen molar-refractivity contribution in [3.8, 4) is 0 Å². The summed E-state index contributed by atoms with van der Waals surface area (Å²) in [6, 6.07) is 0.175. The number of allylic oxidation sites excluding steroid dienone is 2. The molecule has 0 aromatic carbocycles. The highest BCUT2D eigenvalue weighted by Crippen LogP contribution is 2.19. The summed E-state index contributed by atoms with van der Waals surface area (Å²) >= 11 is 6.15. The molecule has 8 heteroatoms. The van der Waals surface area contributed by atoms with Crippen LogP contribution in [0.1, 0.15) is 31.2 Å². The highest BCUT2D eigenvalue weighted by molar-refractivity contribution is 6.24. The van der Waals surface area contributed by atoms with Gasteiger partial charge in [0.2, 0.25) is 0 Å². The van der Waals surface area contributed by atoms with E-state index in [-0.39, 0.29) is 29.1 Å². The van der Waals surface area contributed by atoms with E-state index in [0.717, 1.165) is 37.0 Å². The first-order valence-electron chi connectivity index (χ1n) is 8.74. The molecule has 1 aromatic heterocycles. The van der Waals surface area contributed by atoms with Crippen LogP contribution in [0.2, 0.25) is 0 Å². The fourth-order valence-electron chi connectivity index (χ4n) is 3.33. The molecule has 1 fully saturated rings. The summed E-state index contributed by atoms with van der Waals surface area (Å²) in [5.74, 6) is -0.304. The van der Waals surface area contributed by atoms with Crippen LogP contribution in [0.15, 0.2) is 40.5 Å². The van der Waals surface area contributed by atoms with Crippen LogP contribution in [0.4, 0.5) is 4.39 Å². The molecule has 2 aliphatic rings. The average molecular weight is 379 g/mol. The quantitative estimate of drug-likeness (QED) is 0.265. The van der Waals surface area contributed by atoms with E-state index in [0.29, 0.717) is 17.6 Å². The Kier molecular flexibility index (Phi) is 5.78. The van der Waals surface area contributed by atoms with E-state index in [2.05, 4.69) is 26.9 Å². The van der Waals surface area contributed by atoms with Gasteiger partial charge >= 0.3 is 0 Å². The second-order valence-electron chi connectivity index (χ2n) is 6.65. The van der Waals surface area contributed by atoms with Crippen LogP contribution in [0.5, 0.6) is 0 Å². The van der Waals surface area contributed by atoms with E-state index in [4.69, 9.17) is 23.1 Å². The molecule has 6 N–H and O–H groups in total. The topological polar surface area (TPSA) is 105 Å². The third-order valence-electron chi connectivity index (χ3n) is 4.64. The number of nitrogens with two attached hydrogens (primary N) is 2. The van der Waals surface area contributed by atoms with Gasteiger partial charge in [-0.2, -0.15) is 0 Å². The Labute approximate surface area is 156 Å². The number of hydrogen-bond donors (Lipinski definition) is 4. The van der Waals surface area contributed by atoms with Gasteiger partial charge in [0, 0.05) is 29.1 Å². The second-order valence-corrected chi connectivity index (χ2v) is 7.21. The highest BCUT2D eigenvalue weighted by atomic mass is 35.5. The minimum atomic E-state index is -0.555. The lowest BCUT2D eigenvalue weighted by Gasteiger charge is -2.28. The van der Waals surface area contributed by atoms with Crippen LogP contribution in [0, 0.1) is 0 Å². The number of nitrogens with zero attached hydrogens (tertiary/aromatic N) is 2. The molecule has 0 saturated heterocycles. The third-order valence-corrected chi connectivity index (χ3v) is 4.90. The zero-order valence-corrected chi connectivity index (χ0v) is 15.3. The Morgan fingerprint density at radius 2 is 2.31 bits per heavy atom. The van der Waals surface area contributed by atoms with Crippen LogP contribution in [0.3, 0.4) is 0 Å². The van der Waals surface area contributed by atoms with Crippen molar-refractivity contribution in [1.82, 2.24) is 10.3 Å². The molecule has 140 valence electrons. The van der Waals surface area contributed by atoms with Crippen LogP contribution < -0.4 is 27.5 Å². The molecule has 1 unspecified atom stereocenters. The molecule has 1 saturated carbocycles. The summed E-state index contributed by atoms with van der Waals surface area (Å²) in [5.41, 5.74) is 13.5. The van der Waals surface area contributed by atoms with Gasteiger partial charge in [0.05, 0.1) is 11.9 Å². The minimum absolute atomic E-state index is 0.0601. The number of rotatable bonds is 5. The average Bonchev–Trinajstić information content (AvgIpc) is 3.03. The molecule has 1 aliphatic heterocycles. The van der Waals surface area contributed by atoms with Crippen molar-refractivity contribution in [2.45, 2.75) is 43.1 Å². The van der Waals surface area contributed by atoms with Crippen molar-refractivity contribution in [1.29, 1.82) is 0 Å². The molecule has 0 spiro atoms. The van der Waals surface area contributed by atoms with Crippen LogP contribution >= 0.6 is 11.6 Å². The second kappa shape index (κ2) is 8.05. The lowest BCUT2D eigenvalue weighted by Crippen LogP contribution is -2.39. The zero-order chi connectivity index (χ0) is 18.7. The monoisotopic (exact) mass is 378 g/mol. The molecule has 0 bridgehead atoms. The van der Waals surface area contributed by atoms with E-state index in [1.807, 2.05) is 6.08 Å². The number of hydrogen-bond acceptors (Lipinski definition) is 4. The van der Waals surface area contributed by atoms with Crippen molar-refractivity contribution >= 4 is 23.5 Å². The lowest BCUT2D eigenvalue weighted by atomic mass is 9.92. The standard InChI is InChI=1S/C18H24ClFN6/c1-2-15(20)18(25-12-5-3-4-11(21)7-12)26-16(22)14-9-24-17-13(14)6-10(19)8-23-17/h2,6,9-12,25H,1,3-5,7-8,21H2,(H2,22,26)(H,23,24)/b18-15+/t10?,11-,12+/m1/s1. The molecule has 2 heterocycles. The van der Waals surface area contributed by atoms with Gasteiger partial charge in [-0.3, -0.25) is 4.99 Å². The molecule has 1 aliphatic carbocycles. The molecular weight excluding hydrogens is 355 g/mol. The van der Waals surface area contributed by atoms with Crippen molar-refractivity contribution in [2.75, 3.05) is 6.54 Å². The van der Waals surface area contributed by atoms with E-state index in [9.17, 15) is 4.39 Å². The van der Waals surface area contributed by atoms with Crippen molar-refractivity contribution < 1.29 is 4.39 Å². The number of halogens is 2. The summed E-state index contributed by atoms with van der Waals surface area (Å²) < 4.78 is 14.3. The first-order valence-corrected chi connectivity index (χ1v) is 9.18. The van der Waals surface area contributed by atoms with Crippen molar-refractivity contribution in [2.24, 2.45) is 21.5 Å². The van der Waals surface area contributed by atoms with Crippen molar-refractivity contribution in [3.05, 3.63) is 46.8 Å². The van der Waals surface area contributed by atoms with Gasteiger partial charge in [0.1, 0.15) is 11.3 Å². The van der Waals surface area contributed by atoms with Crippen LogP contribution in [-0.2, 0) is 0 Å². The molecule has 26 heavy (non-hydrogen) atoms. The Bertz CT molecular complexity index is 856. The Morgan fingerprint density at radius 1 is 1.50 bits per heavy atom. The van der Waals surface area contributed by atoms with Gasteiger partial charge in [-0.25, -0.2) is 9.38 Å². The van der Waals surface area contributed by atoms with Gasteiger partial charge in [0.15, 0.2) is 11.6 Å². The largest absolute Gasteiger partial charge is 0.383 e. The minimum Gasteiger partial charge on any atom is -0.383 e. The van der Waals surface area contributed by atoms with Crippen molar-refractivity contribution in [3.63, 3.8) is 0 Å². The van der Waals surface area contributed by atoms with Gasteiger partial charge < -0.3 is 21.8 Å². The predicted molar refractivity (Wildman–Crippen MR) is 103 cm³/mol. The Balaban J connectivity index is 1.91. The number of fused-ring (bicyclic) bond motifs is 1. The summed E-state index contributed by atoms with van der Waals surface area (Å²) in [4.78, 5) is 11.7. The molecule has 0 amide bonds. The molecule has 3 rings (SSSR count). The highest BCUT2D eigenvalue weighted by Gasteiger charge is 2.21. The summed E-state index contributed by atoms with van der Waals surface area (Å²) in [6.45, 7) is 3.99. The fraction of sp³-hybridized carbons (Fsp3) is 0.444. The Morgan fingerprint density at radius 3 is 3.04 bits per heavy atom. The number of amidine groups is 1. The maximum absolute atomic E-state index is 14.3. The maximum atomic E-state index is 14.3. The SMILES string of the molecule is C=C/C(F)=C(\N=C(/N)c1c[nH]c2c1=CC(Cl)CN=2)N[C@H]1CCC[C@@H](N)C1. The first kappa shape index (κ1) is 18.7. The smallest absolute Gasteiger partial charge is 0.164 e. The van der Waals surface area contributed by atoms with Gasteiger partial charge in [-0.1, -0.05) is 12.7 Å². The van der Waals surface area contributed by atoms with E-state index < -0.39 is 5.83 Å². The number of alkyl halides is 1. The number of aromatic amines is 1. The molecule has 3 atom stereocenters. The predicted octanol–water partition coefficient (Wildman–Crippen LogP) is 0.925. The normalized spacial score (nSPS) is 26.9. The van der Waals surface area contributed by atoms with Crippen LogP contribution in [-0.4, -0.2) is 34.8 Å². The molecule has 0 radical (unpaired) electrons.